The molecule has 0 aliphatic rings. The fourth-order valence-electron chi connectivity index (χ4n) is 2.19. The molecule has 0 unspecified atom stereocenters. The normalized spacial score (nSPS) is 10.6. The molecule has 23 heavy (non-hydrogen) atoms. The molecule has 2 aromatic rings. The molecule has 0 aliphatic carbocycles. The second-order valence-corrected chi connectivity index (χ2v) is 6.74. The van der Waals surface area contributed by atoms with Gasteiger partial charge in [-0.05, 0) is 61.3 Å². The number of anilines is 1. The lowest BCUT2D eigenvalue weighted by molar-refractivity contribution is -0.116. The molecule has 0 aliphatic heterocycles. The molecule has 2 N–H and O–H groups in total. The molecule has 0 bridgehead atoms. The third kappa shape index (κ3) is 6.34. The van der Waals surface area contributed by atoms with E-state index < -0.39 is 0 Å². The topological polar surface area (TPSA) is 41.1 Å². The summed E-state index contributed by atoms with van der Waals surface area (Å²) in [5, 5.41) is 6.98. The molecule has 1 amide bonds. The lowest BCUT2D eigenvalue weighted by Gasteiger charge is -2.09. The van der Waals surface area contributed by atoms with Gasteiger partial charge in [-0.15, -0.1) is 0 Å². The molecule has 5 heteroatoms. The Kier molecular flexibility index (Phi) is 7.09. The summed E-state index contributed by atoms with van der Waals surface area (Å²) in [5.74, 6) is 0.0226. The number of hydrogen-bond donors (Lipinski definition) is 2. The first-order valence-corrected chi connectivity index (χ1v) is 8.73. The average molecular weight is 396 g/mol. The first-order chi connectivity index (χ1) is 11.0. The lowest BCUT2D eigenvalue weighted by Crippen LogP contribution is -2.23. The van der Waals surface area contributed by atoms with Crippen LogP contribution in [-0.2, 0) is 11.2 Å². The molecule has 0 saturated carbocycles. The van der Waals surface area contributed by atoms with Gasteiger partial charge in [0.2, 0.25) is 5.91 Å². The zero-order valence-electron chi connectivity index (χ0n) is 13.0. The van der Waals surface area contributed by atoms with Crippen molar-refractivity contribution in [2.24, 2.45) is 0 Å². The van der Waals surface area contributed by atoms with E-state index in [4.69, 9.17) is 11.6 Å². The summed E-state index contributed by atoms with van der Waals surface area (Å²) in [4.78, 5) is 11.9. The van der Waals surface area contributed by atoms with Crippen LogP contribution in [0.1, 0.15) is 17.5 Å². The van der Waals surface area contributed by atoms with Crippen molar-refractivity contribution in [2.75, 3.05) is 18.4 Å². The van der Waals surface area contributed by atoms with E-state index in [2.05, 4.69) is 26.6 Å². The zero-order chi connectivity index (χ0) is 16.7. The summed E-state index contributed by atoms with van der Waals surface area (Å²) in [6.07, 6.45) is 1.38. The van der Waals surface area contributed by atoms with E-state index in [1.807, 2.05) is 49.4 Å². The first kappa shape index (κ1) is 18.0. The third-order valence-corrected chi connectivity index (χ3v) is 4.24. The van der Waals surface area contributed by atoms with E-state index in [9.17, 15) is 4.79 Å². The van der Waals surface area contributed by atoms with E-state index in [-0.39, 0.29) is 5.91 Å². The predicted octanol–water partition coefficient (Wildman–Crippen LogP) is 4.57. The van der Waals surface area contributed by atoms with Crippen molar-refractivity contribution >= 4 is 39.1 Å². The average Bonchev–Trinajstić information content (AvgIpc) is 2.51. The van der Waals surface area contributed by atoms with Crippen molar-refractivity contribution in [1.29, 1.82) is 0 Å². The molecular weight excluding hydrogens is 376 g/mol. The summed E-state index contributed by atoms with van der Waals surface area (Å²) in [6.45, 7) is 3.48. The fourth-order valence-corrected chi connectivity index (χ4v) is 2.79. The monoisotopic (exact) mass is 394 g/mol. The summed E-state index contributed by atoms with van der Waals surface area (Å²) in [7, 11) is 0. The molecule has 122 valence electrons. The van der Waals surface area contributed by atoms with E-state index in [0.29, 0.717) is 13.0 Å². The zero-order valence-corrected chi connectivity index (χ0v) is 15.4. The molecule has 2 rings (SSSR count). The Balaban J connectivity index is 1.65. The minimum Gasteiger partial charge on any atom is -0.326 e. The van der Waals surface area contributed by atoms with Gasteiger partial charge in [-0.1, -0.05) is 39.7 Å². The van der Waals surface area contributed by atoms with Gasteiger partial charge >= 0.3 is 0 Å². The van der Waals surface area contributed by atoms with Crippen LogP contribution in [0.4, 0.5) is 5.69 Å². The Morgan fingerprint density at radius 1 is 1.13 bits per heavy atom. The largest absolute Gasteiger partial charge is 0.326 e. The smallest absolute Gasteiger partial charge is 0.225 e. The molecular formula is C18H20BrClN2O. The number of aryl methyl sites for hydroxylation is 1. The maximum atomic E-state index is 11.9. The van der Waals surface area contributed by atoms with Crippen LogP contribution in [0.15, 0.2) is 46.9 Å². The summed E-state index contributed by atoms with van der Waals surface area (Å²) in [5.41, 5.74) is 3.14. The van der Waals surface area contributed by atoms with Crippen LogP contribution in [0.5, 0.6) is 0 Å². The van der Waals surface area contributed by atoms with Crippen LogP contribution in [0.25, 0.3) is 0 Å². The van der Waals surface area contributed by atoms with Gasteiger partial charge in [-0.3, -0.25) is 4.79 Å². The van der Waals surface area contributed by atoms with Crippen LogP contribution in [0, 0.1) is 6.92 Å². The Labute approximate surface area is 150 Å². The van der Waals surface area contributed by atoms with Crippen LogP contribution in [-0.4, -0.2) is 19.0 Å². The van der Waals surface area contributed by atoms with E-state index in [1.165, 1.54) is 5.56 Å². The van der Waals surface area contributed by atoms with Gasteiger partial charge in [-0.2, -0.15) is 0 Å². The van der Waals surface area contributed by atoms with Crippen LogP contribution in [0.3, 0.4) is 0 Å². The van der Waals surface area contributed by atoms with Crippen molar-refractivity contribution < 1.29 is 4.79 Å². The summed E-state index contributed by atoms with van der Waals surface area (Å²) >= 11 is 9.27. The SMILES string of the molecule is Cc1cc(Br)ccc1NC(=O)CCNCCc1ccc(Cl)cc1. The Morgan fingerprint density at radius 2 is 1.87 bits per heavy atom. The molecule has 2 aromatic carbocycles. The van der Waals surface area contributed by atoms with Crippen molar-refractivity contribution in [1.82, 2.24) is 5.32 Å². The van der Waals surface area contributed by atoms with Crippen LogP contribution < -0.4 is 10.6 Å². The van der Waals surface area contributed by atoms with Gasteiger partial charge in [0, 0.05) is 28.1 Å². The molecule has 0 saturated heterocycles. The van der Waals surface area contributed by atoms with Gasteiger partial charge in [-0.25, -0.2) is 0 Å². The number of rotatable bonds is 7. The Hall–Kier alpha value is -1.36. The highest BCUT2D eigenvalue weighted by molar-refractivity contribution is 9.10. The van der Waals surface area contributed by atoms with Crippen molar-refractivity contribution in [3.8, 4) is 0 Å². The van der Waals surface area contributed by atoms with Crippen molar-refractivity contribution in [2.45, 2.75) is 19.8 Å². The number of carbonyl (C=O) groups excluding carboxylic acids is 1. The van der Waals surface area contributed by atoms with Gasteiger partial charge in [0.05, 0.1) is 0 Å². The standard InChI is InChI=1S/C18H20BrClN2O/c1-13-12-15(19)4-7-17(13)22-18(23)9-11-21-10-8-14-2-5-16(20)6-3-14/h2-7,12,21H,8-11H2,1H3,(H,22,23). The second-order valence-electron chi connectivity index (χ2n) is 5.38. The highest BCUT2D eigenvalue weighted by Crippen LogP contribution is 2.20. The summed E-state index contributed by atoms with van der Waals surface area (Å²) in [6, 6.07) is 13.6. The van der Waals surface area contributed by atoms with Crippen LogP contribution >= 0.6 is 27.5 Å². The number of amides is 1. The number of halogens is 2. The molecule has 0 radical (unpaired) electrons. The molecule has 0 fully saturated rings. The molecule has 0 heterocycles. The first-order valence-electron chi connectivity index (χ1n) is 7.56. The lowest BCUT2D eigenvalue weighted by atomic mass is 10.1. The maximum Gasteiger partial charge on any atom is 0.225 e. The van der Waals surface area contributed by atoms with Gasteiger partial charge < -0.3 is 10.6 Å². The maximum absolute atomic E-state index is 11.9. The van der Waals surface area contributed by atoms with E-state index in [1.54, 1.807) is 0 Å². The third-order valence-electron chi connectivity index (χ3n) is 3.50. The highest BCUT2D eigenvalue weighted by Gasteiger charge is 2.04. The number of nitrogens with one attached hydrogen (secondary N) is 2. The molecule has 0 atom stereocenters. The minimum atomic E-state index is 0.0226. The minimum absolute atomic E-state index is 0.0226. The number of carbonyl (C=O) groups is 1. The van der Waals surface area contributed by atoms with E-state index in [0.717, 1.165) is 33.7 Å². The van der Waals surface area contributed by atoms with Gasteiger partial charge in [0.15, 0.2) is 0 Å². The van der Waals surface area contributed by atoms with Gasteiger partial charge in [0.25, 0.3) is 0 Å². The molecule has 0 spiro atoms. The van der Waals surface area contributed by atoms with Gasteiger partial charge in [0.1, 0.15) is 0 Å². The Bertz CT molecular complexity index is 659. The van der Waals surface area contributed by atoms with E-state index >= 15 is 0 Å². The summed E-state index contributed by atoms with van der Waals surface area (Å²) < 4.78 is 1.01. The Morgan fingerprint density at radius 3 is 2.57 bits per heavy atom. The molecule has 3 nitrogen and oxygen atoms in total. The highest BCUT2D eigenvalue weighted by atomic mass is 79.9. The quantitative estimate of drug-likeness (QED) is 0.674. The fraction of sp³-hybridized carbons (Fsp3) is 0.278. The van der Waals surface area contributed by atoms with Crippen molar-refractivity contribution in [3.63, 3.8) is 0 Å². The number of benzene rings is 2. The number of hydrogen-bond acceptors (Lipinski definition) is 2. The molecule has 0 aromatic heterocycles. The van der Waals surface area contributed by atoms with Crippen LogP contribution in [0.2, 0.25) is 5.02 Å². The predicted molar refractivity (Wildman–Crippen MR) is 100 cm³/mol. The van der Waals surface area contributed by atoms with Crippen molar-refractivity contribution in [3.05, 3.63) is 63.1 Å². The second kappa shape index (κ2) is 9.06.